The van der Waals surface area contributed by atoms with Crippen LogP contribution in [0.4, 0.5) is 0 Å². The molecule has 0 spiro atoms. The lowest BCUT2D eigenvalue weighted by atomic mass is 10.1. The summed E-state index contributed by atoms with van der Waals surface area (Å²) in [5.41, 5.74) is 1.18. The van der Waals surface area contributed by atoms with Gasteiger partial charge in [-0.1, -0.05) is 13.8 Å². The first kappa shape index (κ1) is 8.02. The maximum absolute atomic E-state index is 4.10. The van der Waals surface area contributed by atoms with E-state index in [1.54, 1.807) is 0 Å². The molecule has 0 aliphatic carbocycles. The molecule has 48 valence electrons. The number of aliphatic imine (C=N–C) groups is 1. The molecule has 0 saturated carbocycles. The van der Waals surface area contributed by atoms with E-state index in [0.717, 1.165) is 0 Å². The molecule has 0 rings (SSSR count). The van der Waals surface area contributed by atoms with E-state index >= 15 is 0 Å². The third-order valence-electron chi connectivity index (χ3n) is 1.16. The van der Waals surface area contributed by atoms with Gasteiger partial charge in [-0.15, -0.1) is 0 Å². The second-order valence-corrected chi connectivity index (χ2v) is 2.38. The molecule has 0 bridgehead atoms. The molecule has 0 aliphatic heterocycles. The zero-order valence-electron chi connectivity index (χ0n) is 5.68. The molecule has 0 atom stereocenters. The molecular weight excluding hydrogens is 118 g/mol. The fraction of sp³-hybridized carbons (Fsp3) is 0.833. The Morgan fingerprint density at radius 1 is 1.62 bits per heavy atom. The maximum atomic E-state index is 4.10. The molecule has 0 N–H and O–H groups in total. The second-order valence-electron chi connectivity index (χ2n) is 2.10. The molecule has 0 aromatic carbocycles. The van der Waals surface area contributed by atoms with E-state index < -0.39 is 0 Å². The lowest BCUT2D eigenvalue weighted by molar-refractivity contribution is 0.874. The second kappa shape index (κ2) is 3.96. The molecule has 1 nitrogen and oxygen atoms in total. The molecule has 0 unspecified atom stereocenters. The van der Waals surface area contributed by atoms with E-state index in [-0.39, 0.29) is 0 Å². The minimum atomic E-state index is 0.571. The zero-order chi connectivity index (χ0) is 6.57. The highest BCUT2D eigenvalue weighted by molar-refractivity contribution is 7.80. The van der Waals surface area contributed by atoms with Crippen molar-refractivity contribution in [3.63, 3.8) is 0 Å². The van der Waals surface area contributed by atoms with Gasteiger partial charge < -0.3 is 0 Å². The normalized spacial score (nSPS) is 12.9. The van der Waals surface area contributed by atoms with Crippen LogP contribution in [-0.2, 0) is 0 Å². The fourth-order valence-electron chi connectivity index (χ4n) is 0.294. The van der Waals surface area contributed by atoms with Crippen LogP contribution in [0.15, 0.2) is 4.99 Å². The van der Waals surface area contributed by atoms with Crippen LogP contribution in [0.3, 0.4) is 0 Å². The van der Waals surface area contributed by atoms with E-state index in [4.69, 9.17) is 0 Å². The number of hydrogen-bond acceptors (Lipinski definition) is 2. The van der Waals surface area contributed by atoms with Crippen LogP contribution in [0.5, 0.6) is 0 Å². The predicted octanol–water partition coefficient (Wildman–Crippen LogP) is 1.99. The van der Waals surface area contributed by atoms with Crippen molar-refractivity contribution in [2.45, 2.75) is 20.8 Å². The summed E-state index contributed by atoms with van der Waals surface area (Å²) in [5, 5.41) is 0. The van der Waals surface area contributed by atoms with Crippen molar-refractivity contribution in [2.24, 2.45) is 10.9 Å². The Bertz CT molecular complexity index is 86.5. The van der Waals surface area contributed by atoms with Crippen LogP contribution in [0.2, 0.25) is 0 Å². The first-order valence-corrected chi connectivity index (χ1v) is 3.43. The zero-order valence-corrected chi connectivity index (χ0v) is 6.57. The SMILES string of the molecule is C/C(=N/CS)C(C)C. The van der Waals surface area contributed by atoms with Crippen LogP contribution in [-0.4, -0.2) is 11.6 Å². The molecule has 0 amide bonds. The van der Waals surface area contributed by atoms with Crippen molar-refractivity contribution in [1.82, 2.24) is 0 Å². The summed E-state index contributed by atoms with van der Waals surface area (Å²) in [6.07, 6.45) is 0. The summed E-state index contributed by atoms with van der Waals surface area (Å²) in [6, 6.07) is 0. The van der Waals surface area contributed by atoms with E-state index in [1.807, 2.05) is 6.92 Å². The summed E-state index contributed by atoms with van der Waals surface area (Å²) >= 11 is 3.97. The lowest BCUT2D eigenvalue weighted by Crippen LogP contribution is -2.01. The number of nitrogens with zero attached hydrogens (tertiary/aromatic N) is 1. The van der Waals surface area contributed by atoms with E-state index in [1.165, 1.54) is 5.71 Å². The number of thiol groups is 1. The van der Waals surface area contributed by atoms with Crippen molar-refractivity contribution in [2.75, 3.05) is 5.88 Å². The van der Waals surface area contributed by atoms with Gasteiger partial charge in [-0.3, -0.25) is 4.99 Å². The molecule has 0 saturated heterocycles. The summed E-state index contributed by atoms with van der Waals surface area (Å²) in [7, 11) is 0. The largest absolute Gasteiger partial charge is 0.284 e. The van der Waals surface area contributed by atoms with Gasteiger partial charge in [0.1, 0.15) is 0 Å². The van der Waals surface area contributed by atoms with Crippen molar-refractivity contribution in [1.29, 1.82) is 0 Å². The summed E-state index contributed by atoms with van der Waals surface area (Å²) < 4.78 is 0. The fourth-order valence-corrected chi connectivity index (χ4v) is 0.517. The number of rotatable bonds is 2. The molecule has 2 heteroatoms. The maximum Gasteiger partial charge on any atom is 0.0814 e. The molecule has 0 aromatic heterocycles. The Hall–Kier alpha value is 0.0200. The van der Waals surface area contributed by atoms with Gasteiger partial charge >= 0.3 is 0 Å². The van der Waals surface area contributed by atoms with Gasteiger partial charge in [-0.2, -0.15) is 12.6 Å². The molecule has 0 heterocycles. The Morgan fingerprint density at radius 2 is 2.12 bits per heavy atom. The van der Waals surface area contributed by atoms with Crippen molar-refractivity contribution < 1.29 is 0 Å². The van der Waals surface area contributed by atoms with Gasteiger partial charge in [0.05, 0.1) is 5.88 Å². The standard InChI is InChI=1S/C6H13NS/c1-5(2)6(3)7-4-8/h5,8H,4H2,1-3H3/b7-6-. The van der Waals surface area contributed by atoms with E-state index in [9.17, 15) is 0 Å². The Morgan fingerprint density at radius 3 is 2.25 bits per heavy atom. The Kier molecular flexibility index (Phi) is 3.97. The lowest BCUT2D eigenvalue weighted by Gasteiger charge is -2.00. The van der Waals surface area contributed by atoms with Crippen molar-refractivity contribution in [3.05, 3.63) is 0 Å². The first-order chi connectivity index (χ1) is 3.68. The molecule has 0 aromatic rings. The summed E-state index contributed by atoms with van der Waals surface area (Å²) in [6.45, 7) is 6.28. The monoisotopic (exact) mass is 131 g/mol. The highest BCUT2D eigenvalue weighted by Crippen LogP contribution is 1.95. The van der Waals surface area contributed by atoms with E-state index in [0.29, 0.717) is 11.8 Å². The van der Waals surface area contributed by atoms with Gasteiger partial charge in [-0.25, -0.2) is 0 Å². The van der Waals surface area contributed by atoms with Gasteiger partial charge in [0.15, 0.2) is 0 Å². The highest BCUT2D eigenvalue weighted by Gasteiger charge is 1.93. The molecular formula is C6H13NS. The van der Waals surface area contributed by atoms with Crippen LogP contribution < -0.4 is 0 Å². The Labute approximate surface area is 56.6 Å². The smallest absolute Gasteiger partial charge is 0.0814 e. The molecule has 0 fully saturated rings. The van der Waals surface area contributed by atoms with E-state index in [2.05, 4.69) is 31.5 Å². The third-order valence-corrected chi connectivity index (χ3v) is 1.30. The predicted molar refractivity (Wildman–Crippen MR) is 41.8 cm³/mol. The molecule has 0 aliphatic rings. The number of hydrogen-bond donors (Lipinski definition) is 1. The highest BCUT2D eigenvalue weighted by atomic mass is 32.1. The van der Waals surface area contributed by atoms with Crippen molar-refractivity contribution in [3.8, 4) is 0 Å². The molecule has 8 heavy (non-hydrogen) atoms. The minimum Gasteiger partial charge on any atom is -0.284 e. The van der Waals surface area contributed by atoms with Crippen LogP contribution in [0.25, 0.3) is 0 Å². The first-order valence-electron chi connectivity index (χ1n) is 2.80. The van der Waals surface area contributed by atoms with Gasteiger partial charge in [0, 0.05) is 5.71 Å². The van der Waals surface area contributed by atoms with Gasteiger partial charge in [0.2, 0.25) is 0 Å². The summed E-state index contributed by atoms with van der Waals surface area (Å²) in [4.78, 5) is 4.10. The summed E-state index contributed by atoms with van der Waals surface area (Å²) in [5.74, 6) is 1.19. The minimum absolute atomic E-state index is 0.571. The average Bonchev–Trinajstić information content (AvgIpc) is 1.67. The average molecular weight is 131 g/mol. The van der Waals surface area contributed by atoms with Crippen molar-refractivity contribution >= 4 is 18.3 Å². The molecule has 0 radical (unpaired) electrons. The van der Waals surface area contributed by atoms with Gasteiger partial charge in [0.25, 0.3) is 0 Å². The topological polar surface area (TPSA) is 12.4 Å². The van der Waals surface area contributed by atoms with Crippen LogP contribution in [0, 0.1) is 5.92 Å². The quantitative estimate of drug-likeness (QED) is 0.434. The van der Waals surface area contributed by atoms with Gasteiger partial charge in [-0.05, 0) is 12.8 Å². The Balaban J connectivity index is 3.61. The third kappa shape index (κ3) is 3.08. The van der Waals surface area contributed by atoms with Crippen LogP contribution >= 0.6 is 12.6 Å². The van der Waals surface area contributed by atoms with Crippen LogP contribution in [0.1, 0.15) is 20.8 Å².